The number of esters is 1. The Morgan fingerprint density at radius 2 is 1.91 bits per heavy atom. The molecule has 3 heterocycles. The molecule has 0 saturated carbocycles. The van der Waals surface area contributed by atoms with Gasteiger partial charge in [0.25, 0.3) is 0 Å². The van der Waals surface area contributed by atoms with Crippen LogP contribution in [0.2, 0.25) is 0 Å². The highest BCUT2D eigenvalue weighted by Gasteiger charge is 2.36. The number of ether oxygens (including phenoxy) is 2. The molecule has 1 aromatic carbocycles. The Hall–Kier alpha value is -3.26. The minimum atomic E-state index is -0.340. The molecule has 0 radical (unpaired) electrons. The Morgan fingerprint density at radius 3 is 2.69 bits per heavy atom. The lowest BCUT2D eigenvalue weighted by Gasteiger charge is -2.31. The number of carbonyl (C=O) groups excluding carboxylic acids is 2. The number of hydrogen-bond acceptors (Lipinski definition) is 5. The van der Waals surface area contributed by atoms with Crippen LogP contribution in [-0.2, 0) is 28.9 Å². The van der Waals surface area contributed by atoms with Gasteiger partial charge in [-0.2, -0.15) is 0 Å². The molecule has 3 aromatic rings. The molecular formula is C27H31N3O4S. The third-order valence-electron chi connectivity index (χ3n) is 6.78. The van der Waals surface area contributed by atoms with Gasteiger partial charge in [-0.3, -0.25) is 4.79 Å². The summed E-state index contributed by atoms with van der Waals surface area (Å²) < 4.78 is 12.6. The second kappa shape index (κ2) is 10.2. The fourth-order valence-corrected chi connectivity index (χ4v) is 6.53. The summed E-state index contributed by atoms with van der Waals surface area (Å²) in [5.74, 6) is 0.467. The predicted octanol–water partition coefficient (Wildman–Crippen LogP) is 4.99. The molecule has 0 bridgehead atoms. The van der Waals surface area contributed by atoms with E-state index in [0.29, 0.717) is 13.2 Å². The number of fused-ring (bicyclic) bond motifs is 5. The highest BCUT2D eigenvalue weighted by atomic mass is 32.1. The maximum Gasteiger partial charge on any atom is 0.318 e. The SMILES string of the molecule is CCOc1ccc([C@H]2c3cccn3-c3sc4c(c3CN2C(=O)NCCC(=O)OC)CCCC4)cc1. The minimum Gasteiger partial charge on any atom is -0.494 e. The van der Waals surface area contributed by atoms with Gasteiger partial charge in [-0.05, 0) is 68.0 Å². The number of carbonyl (C=O) groups is 2. The van der Waals surface area contributed by atoms with Crippen LogP contribution in [0, 0.1) is 0 Å². The van der Waals surface area contributed by atoms with Gasteiger partial charge in [0, 0.05) is 23.2 Å². The lowest BCUT2D eigenvalue weighted by Crippen LogP contribution is -2.42. The summed E-state index contributed by atoms with van der Waals surface area (Å²) in [6.07, 6.45) is 6.82. The zero-order chi connectivity index (χ0) is 24.4. The Kier molecular flexibility index (Phi) is 6.81. The summed E-state index contributed by atoms with van der Waals surface area (Å²) >= 11 is 1.87. The molecule has 2 aromatic heterocycles. The topological polar surface area (TPSA) is 72.8 Å². The van der Waals surface area contributed by atoms with Crippen LogP contribution in [0.1, 0.15) is 59.5 Å². The average Bonchev–Trinajstić information content (AvgIpc) is 3.46. The first kappa shape index (κ1) is 23.5. The van der Waals surface area contributed by atoms with Gasteiger partial charge in [-0.15, -0.1) is 11.3 Å². The average molecular weight is 494 g/mol. The lowest BCUT2D eigenvalue weighted by molar-refractivity contribution is -0.140. The van der Waals surface area contributed by atoms with Crippen molar-refractivity contribution in [3.05, 3.63) is 69.9 Å². The third kappa shape index (κ3) is 4.55. The molecule has 5 rings (SSSR count). The monoisotopic (exact) mass is 493 g/mol. The highest BCUT2D eigenvalue weighted by Crippen LogP contribution is 2.44. The zero-order valence-corrected chi connectivity index (χ0v) is 21.0. The number of methoxy groups -OCH3 is 1. The summed E-state index contributed by atoms with van der Waals surface area (Å²) in [7, 11) is 1.36. The van der Waals surface area contributed by atoms with Crippen LogP contribution < -0.4 is 10.1 Å². The lowest BCUT2D eigenvalue weighted by atomic mass is 9.95. The normalized spacial score (nSPS) is 16.5. The maximum absolute atomic E-state index is 13.6. The Balaban J connectivity index is 1.56. The van der Waals surface area contributed by atoms with Crippen LogP contribution in [-0.4, -0.2) is 41.7 Å². The molecular weight excluding hydrogens is 462 g/mol. The largest absolute Gasteiger partial charge is 0.494 e. The summed E-state index contributed by atoms with van der Waals surface area (Å²) in [5, 5.41) is 4.18. The number of rotatable bonds is 6. The Labute approximate surface area is 209 Å². The first-order valence-electron chi connectivity index (χ1n) is 12.3. The fraction of sp³-hybridized carbons (Fsp3) is 0.407. The molecule has 35 heavy (non-hydrogen) atoms. The first-order chi connectivity index (χ1) is 17.1. The van der Waals surface area contributed by atoms with Crippen molar-refractivity contribution in [1.82, 2.24) is 14.8 Å². The number of amides is 2. The van der Waals surface area contributed by atoms with E-state index in [2.05, 4.69) is 28.2 Å². The van der Waals surface area contributed by atoms with E-state index in [-0.39, 0.29) is 31.0 Å². The molecule has 2 aliphatic rings. The molecule has 0 spiro atoms. The van der Waals surface area contributed by atoms with Gasteiger partial charge in [0.2, 0.25) is 0 Å². The van der Waals surface area contributed by atoms with Crippen molar-refractivity contribution in [1.29, 1.82) is 0 Å². The van der Waals surface area contributed by atoms with Gasteiger partial charge in [0.1, 0.15) is 10.8 Å². The van der Waals surface area contributed by atoms with Crippen molar-refractivity contribution in [3.63, 3.8) is 0 Å². The number of thiophene rings is 1. The number of benzene rings is 1. The first-order valence-corrected chi connectivity index (χ1v) is 13.1. The van der Waals surface area contributed by atoms with Gasteiger partial charge in [0.05, 0.1) is 38.4 Å². The van der Waals surface area contributed by atoms with Crippen LogP contribution >= 0.6 is 11.3 Å². The summed E-state index contributed by atoms with van der Waals surface area (Å²) in [5.41, 5.74) is 4.73. The van der Waals surface area contributed by atoms with Crippen molar-refractivity contribution in [2.45, 2.75) is 51.6 Å². The molecule has 1 N–H and O–H groups in total. The van der Waals surface area contributed by atoms with Crippen molar-refractivity contribution >= 4 is 23.3 Å². The van der Waals surface area contributed by atoms with Crippen molar-refractivity contribution in [2.24, 2.45) is 0 Å². The van der Waals surface area contributed by atoms with E-state index in [9.17, 15) is 9.59 Å². The number of aryl methyl sites for hydroxylation is 1. The van der Waals surface area contributed by atoms with Gasteiger partial charge in [-0.1, -0.05) is 12.1 Å². The van der Waals surface area contributed by atoms with E-state index >= 15 is 0 Å². The molecule has 1 atom stereocenters. The number of aromatic nitrogens is 1. The summed E-state index contributed by atoms with van der Waals surface area (Å²) in [6.45, 7) is 3.32. The number of nitrogens with zero attached hydrogens (tertiary/aromatic N) is 2. The second-order valence-electron chi connectivity index (χ2n) is 8.89. The zero-order valence-electron chi connectivity index (χ0n) is 20.2. The van der Waals surface area contributed by atoms with E-state index in [1.807, 2.05) is 47.4 Å². The quantitative estimate of drug-likeness (QED) is 0.491. The number of urea groups is 1. The predicted molar refractivity (Wildman–Crippen MR) is 135 cm³/mol. The third-order valence-corrected chi connectivity index (χ3v) is 8.11. The molecule has 2 amide bonds. The molecule has 7 nitrogen and oxygen atoms in total. The van der Waals surface area contributed by atoms with Gasteiger partial charge in [-0.25, -0.2) is 4.79 Å². The van der Waals surface area contributed by atoms with Crippen LogP contribution in [0.15, 0.2) is 42.6 Å². The molecule has 1 aliphatic carbocycles. The Morgan fingerprint density at radius 1 is 1.11 bits per heavy atom. The van der Waals surface area contributed by atoms with Crippen molar-refractivity contribution in [3.8, 4) is 10.8 Å². The van der Waals surface area contributed by atoms with Gasteiger partial charge < -0.3 is 24.3 Å². The van der Waals surface area contributed by atoms with E-state index in [1.54, 1.807) is 0 Å². The van der Waals surface area contributed by atoms with Crippen molar-refractivity contribution < 1.29 is 19.1 Å². The van der Waals surface area contributed by atoms with Crippen LogP contribution in [0.5, 0.6) is 5.75 Å². The van der Waals surface area contributed by atoms with Gasteiger partial charge >= 0.3 is 12.0 Å². The summed E-state index contributed by atoms with van der Waals surface area (Å²) in [4.78, 5) is 28.6. The van der Waals surface area contributed by atoms with E-state index in [0.717, 1.165) is 29.8 Å². The Bertz CT molecular complexity index is 1210. The molecule has 184 valence electrons. The van der Waals surface area contributed by atoms with E-state index in [1.165, 1.54) is 41.0 Å². The fourth-order valence-electron chi connectivity index (χ4n) is 5.13. The van der Waals surface area contributed by atoms with Crippen LogP contribution in [0.4, 0.5) is 4.79 Å². The highest BCUT2D eigenvalue weighted by molar-refractivity contribution is 7.15. The number of hydrogen-bond donors (Lipinski definition) is 1. The minimum absolute atomic E-state index is 0.138. The molecule has 0 fully saturated rings. The van der Waals surface area contributed by atoms with Gasteiger partial charge in [0.15, 0.2) is 0 Å². The number of nitrogens with one attached hydrogen (secondary N) is 1. The maximum atomic E-state index is 13.6. The molecule has 0 saturated heterocycles. The van der Waals surface area contributed by atoms with Crippen molar-refractivity contribution in [2.75, 3.05) is 20.3 Å². The smallest absolute Gasteiger partial charge is 0.318 e. The van der Waals surface area contributed by atoms with E-state index < -0.39 is 0 Å². The summed E-state index contributed by atoms with van der Waals surface area (Å²) in [6, 6.07) is 11.7. The standard InChI is InChI=1S/C27H31N3O4S/c1-3-34-19-12-10-18(11-13-19)25-22-8-6-16-29(22)26-21(20-7-4-5-9-23(20)35-26)17-30(25)27(32)28-15-14-24(31)33-2/h6,8,10-13,16,25H,3-5,7,9,14-15,17H2,1-2H3,(H,28,32)/t25-/m0/s1. The molecule has 8 heteroatoms. The molecule has 1 aliphatic heterocycles. The second-order valence-corrected chi connectivity index (χ2v) is 9.97. The van der Waals surface area contributed by atoms with E-state index in [4.69, 9.17) is 9.47 Å². The van der Waals surface area contributed by atoms with Crippen LogP contribution in [0.25, 0.3) is 5.00 Å². The van der Waals surface area contributed by atoms with Crippen LogP contribution in [0.3, 0.4) is 0 Å². The molecule has 0 unspecified atom stereocenters.